The second-order valence-electron chi connectivity index (χ2n) is 8.52. The minimum absolute atomic E-state index is 0.0405. The van der Waals surface area contributed by atoms with Crippen molar-refractivity contribution in [3.05, 3.63) is 53.3 Å². The van der Waals surface area contributed by atoms with Crippen LogP contribution in [0.3, 0.4) is 0 Å². The first-order valence-electron chi connectivity index (χ1n) is 11.1. The lowest BCUT2D eigenvalue weighted by Crippen LogP contribution is -2.53. The predicted octanol–water partition coefficient (Wildman–Crippen LogP) is 3.99. The third-order valence-electron chi connectivity index (χ3n) is 5.96. The number of alkyl halides is 3. The fourth-order valence-electron chi connectivity index (χ4n) is 4.04. The zero-order chi connectivity index (χ0) is 26.7. The molecule has 0 saturated carbocycles. The van der Waals surface area contributed by atoms with Crippen LogP contribution >= 0.6 is 0 Å². The van der Waals surface area contributed by atoms with Gasteiger partial charge in [-0.05, 0) is 30.3 Å². The van der Waals surface area contributed by atoms with Gasteiger partial charge in [-0.1, -0.05) is 0 Å². The molecule has 3 rings (SSSR count). The summed E-state index contributed by atoms with van der Waals surface area (Å²) in [6.45, 7) is -0.273. The van der Waals surface area contributed by atoms with Crippen LogP contribution in [0.2, 0.25) is 0 Å². The first kappa shape index (κ1) is 27.8. The van der Waals surface area contributed by atoms with Crippen LogP contribution in [0.1, 0.15) is 23.6 Å². The standard InChI is InChI=1S/C23H29F4N5O3S/c1-30(2)36(33,34)32-11-10-31(9-8-23(25,26)27)21(15-32)19-12-16(14-28)20(13-22(19)35-3)29-18-6-4-17(24)5-7-18/h4-7,12-14,21,28-29H,8-11,15H2,1-3H3. The van der Waals surface area contributed by atoms with Gasteiger partial charge in [0, 0.05) is 69.4 Å². The van der Waals surface area contributed by atoms with Gasteiger partial charge in [0.05, 0.1) is 25.3 Å². The molecule has 0 amide bonds. The molecule has 1 fully saturated rings. The molecule has 1 aliphatic heterocycles. The molecular formula is C23H29F4N5O3S. The second kappa shape index (κ2) is 11.1. The van der Waals surface area contributed by atoms with Crippen LogP contribution in [0, 0.1) is 11.2 Å². The first-order chi connectivity index (χ1) is 16.9. The molecule has 13 heteroatoms. The Balaban J connectivity index is 2.03. The molecule has 0 radical (unpaired) electrons. The lowest BCUT2D eigenvalue weighted by molar-refractivity contribution is -0.140. The van der Waals surface area contributed by atoms with Crippen molar-refractivity contribution in [2.24, 2.45) is 0 Å². The number of methoxy groups -OCH3 is 1. The molecule has 1 aliphatic rings. The second-order valence-corrected chi connectivity index (χ2v) is 10.7. The third-order valence-corrected chi connectivity index (χ3v) is 7.87. The molecule has 0 spiro atoms. The fraction of sp³-hybridized carbons (Fsp3) is 0.435. The normalized spacial score (nSPS) is 17.8. The van der Waals surface area contributed by atoms with E-state index in [1.807, 2.05) is 0 Å². The van der Waals surface area contributed by atoms with Crippen LogP contribution in [0.25, 0.3) is 0 Å². The van der Waals surface area contributed by atoms with Crippen LogP contribution in [-0.4, -0.2) is 81.7 Å². The van der Waals surface area contributed by atoms with E-state index in [1.165, 1.54) is 49.8 Å². The van der Waals surface area contributed by atoms with E-state index >= 15 is 0 Å². The number of halogens is 4. The highest BCUT2D eigenvalue weighted by molar-refractivity contribution is 7.86. The molecule has 1 heterocycles. The Morgan fingerprint density at radius 3 is 2.42 bits per heavy atom. The van der Waals surface area contributed by atoms with Crippen molar-refractivity contribution in [3.63, 3.8) is 0 Å². The maximum atomic E-state index is 13.3. The Morgan fingerprint density at radius 1 is 1.19 bits per heavy atom. The molecule has 0 bridgehead atoms. The summed E-state index contributed by atoms with van der Waals surface area (Å²) >= 11 is 0. The van der Waals surface area contributed by atoms with Crippen LogP contribution in [0.15, 0.2) is 36.4 Å². The number of anilines is 2. The van der Waals surface area contributed by atoms with Gasteiger partial charge in [-0.25, -0.2) is 4.39 Å². The summed E-state index contributed by atoms with van der Waals surface area (Å²) in [5, 5.41) is 11.0. The van der Waals surface area contributed by atoms with Gasteiger partial charge in [-0.2, -0.15) is 30.2 Å². The van der Waals surface area contributed by atoms with Crippen molar-refractivity contribution in [1.82, 2.24) is 13.5 Å². The summed E-state index contributed by atoms with van der Waals surface area (Å²) < 4.78 is 85.8. The lowest BCUT2D eigenvalue weighted by Gasteiger charge is -2.42. The van der Waals surface area contributed by atoms with Gasteiger partial charge < -0.3 is 15.5 Å². The summed E-state index contributed by atoms with van der Waals surface area (Å²) in [6, 6.07) is 8.05. The van der Waals surface area contributed by atoms with E-state index in [9.17, 15) is 26.0 Å². The highest BCUT2D eigenvalue weighted by Crippen LogP contribution is 2.38. The summed E-state index contributed by atoms with van der Waals surface area (Å²) in [7, 11) is 0.384. The van der Waals surface area contributed by atoms with Crippen LogP contribution in [0.4, 0.5) is 28.9 Å². The van der Waals surface area contributed by atoms with E-state index in [-0.39, 0.29) is 26.2 Å². The summed E-state index contributed by atoms with van der Waals surface area (Å²) in [5.41, 5.74) is 1.88. The zero-order valence-corrected chi connectivity index (χ0v) is 21.0. The molecule has 1 saturated heterocycles. The molecule has 2 aromatic rings. The van der Waals surface area contributed by atoms with Gasteiger partial charge >= 0.3 is 6.18 Å². The van der Waals surface area contributed by atoms with Crippen molar-refractivity contribution in [2.75, 3.05) is 52.7 Å². The minimum atomic E-state index is -4.37. The number of hydrogen-bond acceptors (Lipinski definition) is 6. The number of ether oxygens (including phenoxy) is 1. The molecule has 2 aromatic carbocycles. The van der Waals surface area contributed by atoms with E-state index in [0.29, 0.717) is 28.3 Å². The monoisotopic (exact) mass is 531 g/mol. The topological polar surface area (TPSA) is 89.0 Å². The summed E-state index contributed by atoms with van der Waals surface area (Å²) in [6.07, 6.45) is -4.34. The largest absolute Gasteiger partial charge is 0.496 e. The summed E-state index contributed by atoms with van der Waals surface area (Å²) in [5.74, 6) is -0.0921. The average Bonchev–Trinajstić information content (AvgIpc) is 2.83. The molecule has 198 valence electrons. The van der Waals surface area contributed by atoms with Gasteiger partial charge in [-0.3, -0.25) is 4.90 Å². The van der Waals surface area contributed by atoms with Crippen molar-refractivity contribution in [3.8, 4) is 5.75 Å². The highest BCUT2D eigenvalue weighted by atomic mass is 32.2. The zero-order valence-electron chi connectivity index (χ0n) is 20.1. The molecule has 0 aromatic heterocycles. The number of rotatable bonds is 9. The maximum Gasteiger partial charge on any atom is 0.390 e. The van der Waals surface area contributed by atoms with Crippen molar-refractivity contribution < 1.29 is 30.7 Å². The number of nitrogens with one attached hydrogen (secondary N) is 2. The van der Waals surface area contributed by atoms with Gasteiger partial charge in [-0.15, -0.1) is 0 Å². The lowest BCUT2D eigenvalue weighted by atomic mass is 9.98. The molecule has 1 unspecified atom stereocenters. The Morgan fingerprint density at radius 2 is 1.86 bits per heavy atom. The summed E-state index contributed by atoms with van der Waals surface area (Å²) in [4.78, 5) is 1.59. The van der Waals surface area contributed by atoms with Crippen LogP contribution in [-0.2, 0) is 10.2 Å². The average molecular weight is 532 g/mol. The molecule has 1 atom stereocenters. The quantitative estimate of drug-likeness (QED) is 0.377. The Bertz CT molecular complexity index is 1170. The molecule has 2 N–H and O–H groups in total. The molecule has 0 aliphatic carbocycles. The van der Waals surface area contributed by atoms with E-state index in [1.54, 1.807) is 17.0 Å². The number of hydrogen-bond donors (Lipinski definition) is 2. The van der Waals surface area contributed by atoms with Gasteiger partial charge in [0.15, 0.2) is 0 Å². The minimum Gasteiger partial charge on any atom is -0.496 e. The third kappa shape index (κ3) is 6.52. The van der Waals surface area contributed by atoms with E-state index < -0.39 is 34.7 Å². The molecule has 36 heavy (non-hydrogen) atoms. The first-order valence-corrected chi connectivity index (χ1v) is 12.5. The highest BCUT2D eigenvalue weighted by Gasteiger charge is 2.38. The van der Waals surface area contributed by atoms with Gasteiger partial charge in [0.2, 0.25) is 0 Å². The molecular weight excluding hydrogens is 502 g/mol. The maximum absolute atomic E-state index is 13.3. The van der Waals surface area contributed by atoms with Crippen LogP contribution in [0.5, 0.6) is 5.75 Å². The number of piperazine rings is 1. The molecule has 8 nitrogen and oxygen atoms in total. The smallest absolute Gasteiger partial charge is 0.390 e. The Labute approximate surface area is 208 Å². The van der Waals surface area contributed by atoms with Crippen LogP contribution < -0.4 is 10.1 Å². The number of nitrogens with zero attached hydrogens (tertiary/aromatic N) is 3. The SMILES string of the molecule is COc1cc(Nc2ccc(F)cc2)c(C=N)cc1C1CN(S(=O)(=O)N(C)C)CCN1CCC(F)(F)F. The number of benzene rings is 2. The van der Waals surface area contributed by atoms with Gasteiger partial charge in [0.25, 0.3) is 10.2 Å². The van der Waals surface area contributed by atoms with Crippen molar-refractivity contribution >= 4 is 27.8 Å². The van der Waals surface area contributed by atoms with Crippen molar-refractivity contribution in [2.45, 2.75) is 18.6 Å². The van der Waals surface area contributed by atoms with Crippen molar-refractivity contribution in [1.29, 1.82) is 5.41 Å². The van der Waals surface area contributed by atoms with Gasteiger partial charge in [0.1, 0.15) is 11.6 Å². The Kier molecular flexibility index (Phi) is 8.59. The van der Waals surface area contributed by atoms with E-state index in [4.69, 9.17) is 10.1 Å². The fourth-order valence-corrected chi connectivity index (χ4v) is 5.14. The predicted molar refractivity (Wildman–Crippen MR) is 130 cm³/mol. The van der Waals surface area contributed by atoms with E-state index in [2.05, 4.69) is 5.32 Å². The Hall–Kier alpha value is -2.74. The van der Waals surface area contributed by atoms with E-state index in [0.717, 1.165) is 10.5 Å².